The molecule has 2 aliphatic heterocycles. The van der Waals surface area contributed by atoms with E-state index >= 15 is 0 Å². The molecule has 0 unspecified atom stereocenters. The Labute approximate surface area is 196 Å². The highest BCUT2D eigenvalue weighted by atomic mass is 16.2. The molecule has 0 aliphatic carbocycles. The van der Waals surface area contributed by atoms with Crippen LogP contribution in [0.1, 0.15) is 74.6 Å². The summed E-state index contributed by atoms with van der Waals surface area (Å²) in [6.07, 6.45) is 7.00. The zero-order valence-electron chi connectivity index (χ0n) is 20.1. The van der Waals surface area contributed by atoms with Gasteiger partial charge in [0.1, 0.15) is 11.6 Å². The number of amides is 2. The minimum absolute atomic E-state index is 0.123. The number of rotatable bonds is 8. The van der Waals surface area contributed by atoms with Crippen LogP contribution < -0.4 is 4.90 Å². The smallest absolute Gasteiger partial charge is 0.228 e. The van der Waals surface area contributed by atoms with Crippen molar-refractivity contribution < 1.29 is 9.59 Å². The van der Waals surface area contributed by atoms with Gasteiger partial charge >= 0.3 is 0 Å². The van der Waals surface area contributed by atoms with Crippen LogP contribution in [-0.2, 0) is 22.4 Å². The summed E-state index contributed by atoms with van der Waals surface area (Å²) >= 11 is 0. The molecule has 176 valence electrons. The highest BCUT2D eigenvalue weighted by Crippen LogP contribution is 2.32. The highest BCUT2D eigenvalue weighted by molar-refractivity contribution is 5.95. The molecule has 2 aromatic heterocycles. The first-order chi connectivity index (χ1) is 15.9. The summed E-state index contributed by atoms with van der Waals surface area (Å²) < 4.78 is 0. The Kier molecular flexibility index (Phi) is 7.36. The van der Waals surface area contributed by atoms with Crippen molar-refractivity contribution in [1.29, 1.82) is 0 Å². The van der Waals surface area contributed by atoms with Crippen molar-refractivity contribution in [2.45, 2.75) is 71.6 Å². The van der Waals surface area contributed by atoms with E-state index in [0.29, 0.717) is 38.3 Å². The summed E-state index contributed by atoms with van der Waals surface area (Å²) in [5.74, 6) is 2.57. The number of nitrogens with zero attached hydrogens (tertiary/aromatic N) is 5. The number of pyridine rings is 1. The molecule has 0 spiro atoms. The van der Waals surface area contributed by atoms with Gasteiger partial charge in [0.2, 0.25) is 11.8 Å². The van der Waals surface area contributed by atoms with Gasteiger partial charge in [-0.15, -0.1) is 0 Å². The van der Waals surface area contributed by atoms with Gasteiger partial charge in [-0.2, -0.15) is 0 Å². The molecule has 7 heteroatoms. The first kappa shape index (κ1) is 23.3. The van der Waals surface area contributed by atoms with E-state index in [-0.39, 0.29) is 17.7 Å². The fourth-order valence-corrected chi connectivity index (χ4v) is 4.73. The van der Waals surface area contributed by atoms with Crippen LogP contribution in [-0.4, -0.2) is 51.3 Å². The Morgan fingerprint density at radius 1 is 1.21 bits per heavy atom. The Hall–Kier alpha value is -2.83. The second kappa shape index (κ2) is 10.4. The Morgan fingerprint density at radius 2 is 2.06 bits per heavy atom. The Morgan fingerprint density at radius 3 is 2.82 bits per heavy atom. The van der Waals surface area contributed by atoms with Gasteiger partial charge in [0.05, 0.1) is 0 Å². The number of aromatic nitrogens is 3. The number of carbonyl (C=O) groups excluding carboxylic acids is 2. The van der Waals surface area contributed by atoms with Gasteiger partial charge in [-0.3, -0.25) is 19.5 Å². The summed E-state index contributed by atoms with van der Waals surface area (Å²) in [7, 11) is 0. The lowest BCUT2D eigenvalue weighted by Gasteiger charge is -2.30. The molecule has 7 nitrogen and oxygen atoms in total. The molecule has 1 saturated heterocycles. The summed E-state index contributed by atoms with van der Waals surface area (Å²) in [6, 6.07) is 5.89. The molecule has 2 aromatic rings. The molecule has 0 saturated carbocycles. The third-order valence-electron chi connectivity index (χ3n) is 6.74. The number of carbonyl (C=O) groups is 2. The Bertz CT molecular complexity index is 992. The second-order valence-electron chi connectivity index (χ2n) is 9.70. The first-order valence-electron chi connectivity index (χ1n) is 12.3. The average Bonchev–Trinajstić information content (AvgIpc) is 3.29. The van der Waals surface area contributed by atoms with Crippen molar-refractivity contribution in [3.05, 3.63) is 47.2 Å². The molecule has 1 atom stereocenters. The van der Waals surface area contributed by atoms with Gasteiger partial charge in [0.25, 0.3) is 0 Å². The maximum Gasteiger partial charge on any atom is 0.228 e. The Balaban J connectivity index is 1.41. The minimum Gasteiger partial charge on any atom is -0.342 e. The van der Waals surface area contributed by atoms with Crippen LogP contribution in [0.4, 0.5) is 5.82 Å². The van der Waals surface area contributed by atoms with Crippen LogP contribution in [0.15, 0.2) is 24.4 Å². The molecule has 2 amide bonds. The summed E-state index contributed by atoms with van der Waals surface area (Å²) in [4.78, 5) is 43.3. The fourth-order valence-electron chi connectivity index (χ4n) is 4.73. The van der Waals surface area contributed by atoms with Gasteiger partial charge in [-0.1, -0.05) is 19.9 Å². The predicted octanol–water partition coefficient (Wildman–Crippen LogP) is 3.84. The number of aryl methyl sites for hydroxylation is 2. The standard InChI is InChI=1S/C26H35N5O2/c1-18(2)12-16-31-24(33)11-10-22-19(3)28-25(29-26(22)31)20-13-15-30(17-20)23(32)9-6-8-21-7-4-5-14-27-21/h4-5,7,14,18,20H,6,8-13,15-17H2,1-3H3/t20-/m1/s1. The quantitative estimate of drug-likeness (QED) is 0.612. The lowest BCUT2D eigenvalue weighted by molar-refractivity contribution is -0.130. The van der Waals surface area contributed by atoms with Crippen molar-refractivity contribution in [2.75, 3.05) is 24.5 Å². The van der Waals surface area contributed by atoms with Crippen LogP contribution in [0.5, 0.6) is 0 Å². The molecular weight excluding hydrogens is 414 g/mol. The normalized spacial score (nSPS) is 18.2. The van der Waals surface area contributed by atoms with Crippen LogP contribution in [0.3, 0.4) is 0 Å². The molecule has 33 heavy (non-hydrogen) atoms. The lowest BCUT2D eigenvalue weighted by Crippen LogP contribution is -2.38. The summed E-state index contributed by atoms with van der Waals surface area (Å²) in [5, 5.41) is 0. The van der Waals surface area contributed by atoms with E-state index in [4.69, 9.17) is 9.97 Å². The zero-order chi connectivity index (χ0) is 23.4. The highest BCUT2D eigenvalue weighted by Gasteiger charge is 2.32. The predicted molar refractivity (Wildman–Crippen MR) is 128 cm³/mol. The molecule has 4 heterocycles. The molecule has 2 aliphatic rings. The van der Waals surface area contributed by atoms with Crippen LogP contribution in [0.25, 0.3) is 0 Å². The van der Waals surface area contributed by atoms with Crippen LogP contribution in [0, 0.1) is 12.8 Å². The van der Waals surface area contributed by atoms with Gasteiger partial charge in [0, 0.05) is 61.5 Å². The minimum atomic E-state index is 0.123. The van der Waals surface area contributed by atoms with Crippen LogP contribution in [0.2, 0.25) is 0 Å². The van der Waals surface area contributed by atoms with E-state index in [0.717, 1.165) is 60.8 Å². The van der Waals surface area contributed by atoms with Crippen molar-refractivity contribution in [3.63, 3.8) is 0 Å². The number of likely N-dealkylation sites (tertiary alicyclic amines) is 1. The average molecular weight is 450 g/mol. The van der Waals surface area contributed by atoms with Gasteiger partial charge < -0.3 is 4.90 Å². The summed E-state index contributed by atoms with van der Waals surface area (Å²) in [6.45, 7) is 8.46. The van der Waals surface area contributed by atoms with Crippen molar-refractivity contribution >= 4 is 17.6 Å². The van der Waals surface area contributed by atoms with E-state index in [1.165, 1.54) is 0 Å². The molecule has 0 radical (unpaired) electrons. The monoisotopic (exact) mass is 449 g/mol. The third-order valence-corrected chi connectivity index (χ3v) is 6.74. The van der Waals surface area contributed by atoms with Crippen LogP contribution >= 0.6 is 0 Å². The zero-order valence-corrected chi connectivity index (χ0v) is 20.1. The number of fused-ring (bicyclic) bond motifs is 1. The van der Waals surface area contributed by atoms with E-state index < -0.39 is 0 Å². The van der Waals surface area contributed by atoms with Gasteiger partial charge in [-0.25, -0.2) is 9.97 Å². The van der Waals surface area contributed by atoms with Crippen molar-refractivity contribution in [1.82, 2.24) is 19.9 Å². The number of anilines is 1. The summed E-state index contributed by atoms with van der Waals surface area (Å²) in [5.41, 5.74) is 3.10. The van der Waals surface area contributed by atoms with Crippen molar-refractivity contribution in [3.8, 4) is 0 Å². The topological polar surface area (TPSA) is 79.3 Å². The molecule has 0 aromatic carbocycles. The molecule has 0 N–H and O–H groups in total. The first-order valence-corrected chi connectivity index (χ1v) is 12.3. The van der Waals surface area contributed by atoms with E-state index in [9.17, 15) is 9.59 Å². The fraction of sp³-hybridized carbons (Fsp3) is 0.577. The molecule has 0 bridgehead atoms. The van der Waals surface area contributed by atoms with E-state index in [2.05, 4.69) is 18.8 Å². The molecule has 1 fully saturated rings. The number of hydrogen-bond acceptors (Lipinski definition) is 5. The maximum absolute atomic E-state index is 12.8. The van der Waals surface area contributed by atoms with Gasteiger partial charge in [-0.05, 0) is 57.1 Å². The van der Waals surface area contributed by atoms with Gasteiger partial charge in [0.15, 0.2) is 0 Å². The maximum atomic E-state index is 12.8. The SMILES string of the molecule is Cc1nc([C@@H]2CCN(C(=O)CCCc3ccccn3)C2)nc2c1CCC(=O)N2CCC(C)C. The van der Waals surface area contributed by atoms with E-state index in [1.807, 2.05) is 34.9 Å². The third kappa shape index (κ3) is 5.57. The largest absolute Gasteiger partial charge is 0.342 e. The number of hydrogen-bond donors (Lipinski definition) is 0. The molecule has 4 rings (SSSR count). The lowest BCUT2D eigenvalue weighted by atomic mass is 10.0. The van der Waals surface area contributed by atoms with Crippen molar-refractivity contribution in [2.24, 2.45) is 5.92 Å². The van der Waals surface area contributed by atoms with E-state index in [1.54, 1.807) is 6.20 Å². The second-order valence-corrected chi connectivity index (χ2v) is 9.70. The molecular formula is C26H35N5O2.